The molecule has 1 aliphatic carbocycles. The lowest BCUT2D eigenvalue weighted by Crippen LogP contribution is -2.53. The predicted octanol–water partition coefficient (Wildman–Crippen LogP) is 4.01. The average Bonchev–Trinajstić information content (AvgIpc) is 3.59. The Morgan fingerprint density at radius 3 is 2.17 bits per heavy atom. The summed E-state index contributed by atoms with van der Waals surface area (Å²) in [6.45, 7) is 0.0272. The van der Waals surface area contributed by atoms with Gasteiger partial charge in [0.1, 0.15) is 25.3 Å². The number of esters is 1. The number of aliphatic carboxylic acids is 1. The van der Waals surface area contributed by atoms with Crippen molar-refractivity contribution in [3.63, 3.8) is 0 Å². The smallest absolute Gasteiger partial charge is 0.407 e. The van der Waals surface area contributed by atoms with E-state index in [9.17, 15) is 24.3 Å². The van der Waals surface area contributed by atoms with Crippen LogP contribution in [0.2, 0.25) is 0 Å². The first-order chi connectivity index (χ1) is 19.4. The number of carboxylic acid groups (broad SMARTS) is 1. The summed E-state index contributed by atoms with van der Waals surface area (Å²) in [7, 11) is 0. The van der Waals surface area contributed by atoms with Gasteiger partial charge in [-0.05, 0) is 27.8 Å². The molecule has 3 aromatic rings. The minimum atomic E-state index is -1.35. The summed E-state index contributed by atoms with van der Waals surface area (Å²) in [5, 5.41) is 12.0. The summed E-state index contributed by atoms with van der Waals surface area (Å²) in [4.78, 5) is 51.8. The highest BCUT2D eigenvalue weighted by Crippen LogP contribution is 2.44. The Labute approximate surface area is 235 Å². The standard InChI is InChI=1S/C30H28N2O7S/c33-27(38-15-19-8-2-1-3-9-19)14-25(28(34)32-18-40-17-26(32)29(35)36)31-30(37)39-16-24-22-12-6-4-10-20(22)21-11-5-7-13-23(21)24/h1-13,24-26H,14-18H2,(H,31,37)(H,35,36)/t25-,26-/m0/s1. The minimum Gasteiger partial charge on any atom is -0.480 e. The van der Waals surface area contributed by atoms with E-state index < -0.39 is 42.4 Å². The van der Waals surface area contributed by atoms with Crippen LogP contribution in [-0.4, -0.2) is 64.3 Å². The number of carbonyl (C=O) groups excluding carboxylic acids is 3. The Bertz CT molecular complexity index is 1370. The van der Waals surface area contributed by atoms with Crippen molar-refractivity contribution in [1.82, 2.24) is 10.2 Å². The molecule has 206 valence electrons. The summed E-state index contributed by atoms with van der Waals surface area (Å²) < 4.78 is 10.9. The summed E-state index contributed by atoms with van der Waals surface area (Å²) in [6.07, 6.45) is -1.35. The fraction of sp³-hybridized carbons (Fsp3) is 0.267. The molecular formula is C30H28N2O7S. The van der Waals surface area contributed by atoms with Gasteiger partial charge in [0.15, 0.2) is 0 Å². The van der Waals surface area contributed by atoms with Gasteiger partial charge in [0.25, 0.3) is 0 Å². The molecule has 3 aromatic carbocycles. The number of nitrogens with one attached hydrogen (secondary N) is 1. The van der Waals surface area contributed by atoms with E-state index in [0.29, 0.717) is 0 Å². The quantitative estimate of drug-likeness (QED) is 0.377. The Balaban J connectivity index is 1.27. The number of hydrogen-bond acceptors (Lipinski definition) is 7. The molecule has 40 heavy (non-hydrogen) atoms. The second kappa shape index (κ2) is 12.3. The zero-order chi connectivity index (χ0) is 28.1. The number of fused-ring (bicyclic) bond motifs is 3. The van der Waals surface area contributed by atoms with Gasteiger partial charge in [0.05, 0.1) is 12.3 Å². The topological polar surface area (TPSA) is 122 Å². The van der Waals surface area contributed by atoms with Crippen molar-refractivity contribution in [3.8, 4) is 11.1 Å². The van der Waals surface area contributed by atoms with Crippen LogP contribution in [0.15, 0.2) is 78.9 Å². The molecule has 1 heterocycles. The normalized spacial score (nSPS) is 16.5. The molecule has 1 fully saturated rings. The first-order valence-corrected chi connectivity index (χ1v) is 14.0. The lowest BCUT2D eigenvalue weighted by atomic mass is 9.98. The molecule has 0 bridgehead atoms. The number of alkyl carbamates (subject to hydrolysis) is 1. The molecule has 1 saturated heterocycles. The van der Waals surface area contributed by atoms with E-state index in [0.717, 1.165) is 32.7 Å². The van der Waals surface area contributed by atoms with E-state index in [-0.39, 0.29) is 30.8 Å². The van der Waals surface area contributed by atoms with Crippen LogP contribution >= 0.6 is 11.8 Å². The minimum absolute atomic E-state index is 0.00282. The maximum Gasteiger partial charge on any atom is 0.407 e. The number of amides is 2. The molecule has 0 spiro atoms. The van der Waals surface area contributed by atoms with Crippen molar-refractivity contribution in [2.75, 3.05) is 18.2 Å². The first kappa shape index (κ1) is 27.3. The number of rotatable bonds is 9. The van der Waals surface area contributed by atoms with Gasteiger partial charge in [-0.1, -0.05) is 78.9 Å². The number of benzene rings is 3. The molecule has 0 aromatic heterocycles. The van der Waals surface area contributed by atoms with Crippen molar-refractivity contribution < 1.29 is 33.8 Å². The molecule has 5 rings (SSSR count). The van der Waals surface area contributed by atoms with E-state index in [1.54, 1.807) is 12.1 Å². The average molecular weight is 561 g/mol. The number of hydrogen-bond donors (Lipinski definition) is 2. The van der Waals surface area contributed by atoms with Crippen molar-refractivity contribution in [2.24, 2.45) is 0 Å². The molecule has 9 nitrogen and oxygen atoms in total. The maximum absolute atomic E-state index is 13.4. The van der Waals surface area contributed by atoms with Gasteiger partial charge in [-0.25, -0.2) is 9.59 Å². The molecule has 0 saturated carbocycles. The highest BCUT2D eigenvalue weighted by Gasteiger charge is 2.39. The number of carboxylic acids is 1. The third kappa shape index (κ3) is 5.96. The van der Waals surface area contributed by atoms with E-state index in [1.807, 2.05) is 66.7 Å². The molecule has 1 aliphatic heterocycles. The Morgan fingerprint density at radius 1 is 0.900 bits per heavy atom. The molecule has 0 unspecified atom stereocenters. The van der Waals surface area contributed by atoms with E-state index in [1.165, 1.54) is 11.8 Å². The summed E-state index contributed by atoms with van der Waals surface area (Å²) in [5.41, 5.74) is 4.99. The van der Waals surface area contributed by atoms with Crippen LogP contribution in [0, 0.1) is 0 Å². The summed E-state index contributed by atoms with van der Waals surface area (Å²) in [5.74, 6) is -2.36. The zero-order valence-corrected chi connectivity index (χ0v) is 22.3. The van der Waals surface area contributed by atoms with Crippen LogP contribution < -0.4 is 5.32 Å². The van der Waals surface area contributed by atoms with Crippen LogP contribution in [0.1, 0.15) is 29.0 Å². The zero-order valence-electron chi connectivity index (χ0n) is 21.5. The van der Waals surface area contributed by atoms with Gasteiger partial charge in [-0.2, -0.15) is 0 Å². The monoisotopic (exact) mass is 560 g/mol. The molecule has 10 heteroatoms. The molecular weight excluding hydrogens is 532 g/mol. The number of nitrogens with zero attached hydrogens (tertiary/aromatic N) is 1. The molecule has 2 atom stereocenters. The van der Waals surface area contributed by atoms with E-state index in [2.05, 4.69) is 5.32 Å². The van der Waals surface area contributed by atoms with E-state index >= 15 is 0 Å². The SMILES string of the molecule is O=C(C[C@H](NC(=O)OCC1c2ccccc2-c2ccccc21)C(=O)N1CSC[C@H]1C(=O)O)OCc1ccccc1. The van der Waals surface area contributed by atoms with Crippen LogP contribution in [0.3, 0.4) is 0 Å². The van der Waals surface area contributed by atoms with Gasteiger partial charge in [-0.3, -0.25) is 9.59 Å². The molecule has 2 N–H and O–H groups in total. The summed E-state index contributed by atoms with van der Waals surface area (Å²) in [6, 6.07) is 22.5. The van der Waals surface area contributed by atoms with Crippen molar-refractivity contribution in [1.29, 1.82) is 0 Å². The lowest BCUT2D eigenvalue weighted by Gasteiger charge is -2.26. The Morgan fingerprint density at radius 2 is 1.52 bits per heavy atom. The van der Waals surface area contributed by atoms with Crippen LogP contribution in [0.4, 0.5) is 4.79 Å². The lowest BCUT2D eigenvalue weighted by molar-refractivity contribution is -0.151. The highest BCUT2D eigenvalue weighted by molar-refractivity contribution is 7.99. The van der Waals surface area contributed by atoms with Gasteiger partial charge in [-0.15, -0.1) is 11.8 Å². The number of thioether (sulfide) groups is 1. The second-order valence-corrected chi connectivity index (χ2v) is 10.5. The Kier molecular flexibility index (Phi) is 8.35. The van der Waals surface area contributed by atoms with Crippen LogP contribution in [0.5, 0.6) is 0 Å². The molecule has 2 aliphatic rings. The van der Waals surface area contributed by atoms with Gasteiger partial charge in [0.2, 0.25) is 5.91 Å². The molecule has 0 radical (unpaired) electrons. The van der Waals surface area contributed by atoms with Gasteiger partial charge in [0, 0.05) is 11.7 Å². The van der Waals surface area contributed by atoms with Crippen LogP contribution in [0.25, 0.3) is 11.1 Å². The largest absolute Gasteiger partial charge is 0.480 e. The Hall–Kier alpha value is -4.31. The van der Waals surface area contributed by atoms with Gasteiger partial charge >= 0.3 is 18.0 Å². The first-order valence-electron chi connectivity index (χ1n) is 12.8. The molecule has 2 amide bonds. The van der Waals surface area contributed by atoms with Crippen molar-refractivity contribution in [2.45, 2.75) is 31.0 Å². The van der Waals surface area contributed by atoms with Crippen LogP contribution in [-0.2, 0) is 30.5 Å². The third-order valence-electron chi connectivity index (χ3n) is 7.00. The van der Waals surface area contributed by atoms with Crippen molar-refractivity contribution in [3.05, 3.63) is 95.6 Å². The predicted molar refractivity (Wildman–Crippen MR) is 148 cm³/mol. The fourth-order valence-corrected chi connectivity index (χ4v) is 6.17. The maximum atomic E-state index is 13.4. The third-order valence-corrected chi connectivity index (χ3v) is 8.01. The number of ether oxygens (including phenoxy) is 2. The van der Waals surface area contributed by atoms with Crippen molar-refractivity contribution >= 4 is 35.7 Å². The van der Waals surface area contributed by atoms with E-state index in [4.69, 9.17) is 9.47 Å². The fourth-order valence-electron chi connectivity index (χ4n) is 5.01. The summed E-state index contributed by atoms with van der Waals surface area (Å²) >= 11 is 1.29. The highest BCUT2D eigenvalue weighted by atomic mass is 32.2. The second-order valence-electron chi connectivity index (χ2n) is 9.53. The van der Waals surface area contributed by atoms with Gasteiger partial charge < -0.3 is 24.8 Å². The number of carbonyl (C=O) groups is 4.